The maximum Gasteiger partial charge on any atom is 0.415 e. The zero-order valence-corrected chi connectivity index (χ0v) is 15.9. The Kier molecular flexibility index (Phi) is 5.60. The summed E-state index contributed by atoms with van der Waals surface area (Å²) in [5, 5.41) is 8.19. The van der Waals surface area contributed by atoms with E-state index in [1.807, 2.05) is 37.3 Å². The molecule has 3 rings (SSSR count). The van der Waals surface area contributed by atoms with E-state index in [1.54, 1.807) is 11.0 Å². The zero-order valence-electron chi connectivity index (χ0n) is 15.9. The first-order valence-corrected chi connectivity index (χ1v) is 9.11. The second kappa shape index (κ2) is 8.09. The number of carbonyl (C=O) groups excluding carboxylic acids is 1. The number of carbonyl (C=O) groups is 1. The summed E-state index contributed by atoms with van der Waals surface area (Å²) in [6.45, 7) is 8.09. The monoisotopic (exact) mass is 364 g/mol. The van der Waals surface area contributed by atoms with Crippen LogP contribution >= 0.6 is 0 Å². The van der Waals surface area contributed by atoms with Crippen molar-refractivity contribution in [3.05, 3.63) is 47.7 Å². The molecule has 1 aliphatic heterocycles. The summed E-state index contributed by atoms with van der Waals surface area (Å²) in [7, 11) is 0. The number of hydrogen-bond acceptors (Lipinski definition) is 5. The van der Waals surface area contributed by atoms with Crippen LogP contribution in [0.5, 0.6) is 5.75 Å². The molecule has 0 aliphatic carbocycles. The van der Waals surface area contributed by atoms with Crippen molar-refractivity contribution < 1.29 is 9.53 Å². The number of anilines is 1. The minimum Gasteiger partial charge on any atom is -0.410 e. The topological polar surface area (TPSA) is 58.6 Å². The predicted octanol–water partition coefficient (Wildman–Crippen LogP) is 3.29. The van der Waals surface area contributed by atoms with Crippen LogP contribution in [0.3, 0.4) is 0 Å². The molecule has 140 valence electrons. The summed E-state index contributed by atoms with van der Waals surface area (Å²) in [6.07, 6.45) is 4.99. The Bertz CT molecular complexity index is 825. The highest BCUT2D eigenvalue weighted by molar-refractivity contribution is 5.71. The highest BCUT2D eigenvalue weighted by Crippen LogP contribution is 2.21. The molecule has 1 saturated heterocycles. The molecular weight excluding hydrogens is 340 g/mol. The number of piperazine rings is 1. The Balaban J connectivity index is 1.59. The molecule has 2 aromatic rings. The van der Waals surface area contributed by atoms with Gasteiger partial charge in [0, 0.05) is 25.7 Å². The summed E-state index contributed by atoms with van der Waals surface area (Å²) >= 11 is 0. The van der Waals surface area contributed by atoms with Crippen LogP contribution in [0.15, 0.2) is 36.4 Å². The van der Waals surface area contributed by atoms with Gasteiger partial charge in [0.25, 0.3) is 0 Å². The van der Waals surface area contributed by atoms with Crippen LogP contribution in [0.2, 0.25) is 0 Å². The van der Waals surface area contributed by atoms with E-state index in [0.717, 1.165) is 5.82 Å². The van der Waals surface area contributed by atoms with E-state index in [4.69, 9.17) is 11.2 Å². The number of hydrogen-bond donors (Lipinski definition) is 0. The van der Waals surface area contributed by atoms with Crippen LogP contribution in [0.1, 0.15) is 37.9 Å². The third kappa shape index (κ3) is 4.37. The van der Waals surface area contributed by atoms with Crippen molar-refractivity contribution in [2.45, 2.75) is 32.7 Å². The Morgan fingerprint density at radius 1 is 1.19 bits per heavy atom. The van der Waals surface area contributed by atoms with E-state index in [0.29, 0.717) is 37.0 Å². The van der Waals surface area contributed by atoms with Crippen molar-refractivity contribution in [1.29, 1.82) is 0 Å². The lowest BCUT2D eigenvalue weighted by Crippen LogP contribution is -2.54. The van der Waals surface area contributed by atoms with E-state index in [1.165, 1.54) is 5.56 Å². The molecule has 0 spiro atoms. The van der Waals surface area contributed by atoms with E-state index in [9.17, 15) is 4.79 Å². The SMILES string of the molecule is C#Cc1ccc(N2CCN(C(=O)Oc3ccc(C(C)C)cc3)C[C@@H]2C)nn1. The van der Waals surface area contributed by atoms with Crippen LogP contribution in [0, 0.1) is 12.3 Å². The molecule has 1 fully saturated rings. The Labute approximate surface area is 160 Å². The minimum absolute atomic E-state index is 0.0978. The third-order valence-corrected chi connectivity index (χ3v) is 4.73. The maximum absolute atomic E-state index is 12.5. The number of ether oxygens (including phenoxy) is 1. The van der Waals surface area contributed by atoms with Gasteiger partial charge in [0.1, 0.15) is 11.4 Å². The van der Waals surface area contributed by atoms with Gasteiger partial charge in [0.2, 0.25) is 0 Å². The molecule has 27 heavy (non-hydrogen) atoms. The Morgan fingerprint density at radius 2 is 1.93 bits per heavy atom. The molecule has 6 heteroatoms. The zero-order chi connectivity index (χ0) is 19.4. The minimum atomic E-state index is -0.326. The lowest BCUT2D eigenvalue weighted by molar-refractivity contribution is 0.142. The van der Waals surface area contributed by atoms with Gasteiger partial charge in [-0.2, -0.15) is 0 Å². The number of aromatic nitrogens is 2. The van der Waals surface area contributed by atoms with Gasteiger partial charge in [-0.15, -0.1) is 16.6 Å². The fourth-order valence-electron chi connectivity index (χ4n) is 3.11. The van der Waals surface area contributed by atoms with Gasteiger partial charge in [0.05, 0.1) is 0 Å². The Hall–Kier alpha value is -3.07. The van der Waals surface area contributed by atoms with Crippen molar-refractivity contribution in [3.63, 3.8) is 0 Å². The van der Waals surface area contributed by atoms with Crippen LogP contribution < -0.4 is 9.64 Å². The molecule has 0 radical (unpaired) electrons. The van der Waals surface area contributed by atoms with Crippen molar-refractivity contribution in [1.82, 2.24) is 15.1 Å². The van der Waals surface area contributed by atoms with Crippen LogP contribution in [0.4, 0.5) is 10.6 Å². The molecular formula is C21H24N4O2. The smallest absolute Gasteiger partial charge is 0.410 e. The molecule has 0 bridgehead atoms. The summed E-state index contributed by atoms with van der Waals surface area (Å²) in [5.74, 6) is 4.24. The van der Waals surface area contributed by atoms with E-state index >= 15 is 0 Å². The molecule has 2 heterocycles. The second-order valence-electron chi connectivity index (χ2n) is 7.00. The first-order valence-electron chi connectivity index (χ1n) is 9.11. The van der Waals surface area contributed by atoms with E-state index in [2.05, 4.69) is 34.9 Å². The quantitative estimate of drug-likeness (QED) is 0.782. The highest BCUT2D eigenvalue weighted by atomic mass is 16.6. The first kappa shape index (κ1) is 18.7. The van der Waals surface area contributed by atoms with Crippen LogP contribution in [-0.4, -0.2) is 46.9 Å². The van der Waals surface area contributed by atoms with Gasteiger partial charge in [-0.3, -0.25) is 0 Å². The fraction of sp³-hybridized carbons (Fsp3) is 0.381. The molecule has 1 aliphatic rings. The van der Waals surface area contributed by atoms with Gasteiger partial charge in [0.15, 0.2) is 5.82 Å². The molecule has 0 N–H and O–H groups in total. The van der Waals surface area contributed by atoms with Crippen LogP contribution in [0.25, 0.3) is 0 Å². The number of benzene rings is 1. The lowest BCUT2D eigenvalue weighted by atomic mass is 10.0. The fourth-order valence-corrected chi connectivity index (χ4v) is 3.11. The summed E-state index contributed by atoms with van der Waals surface area (Å²) in [5.41, 5.74) is 1.73. The molecule has 1 aromatic heterocycles. The molecule has 1 aromatic carbocycles. The normalized spacial score (nSPS) is 16.9. The van der Waals surface area contributed by atoms with Gasteiger partial charge in [-0.25, -0.2) is 4.79 Å². The van der Waals surface area contributed by atoms with Crippen molar-refractivity contribution >= 4 is 11.9 Å². The van der Waals surface area contributed by atoms with Crippen LogP contribution in [-0.2, 0) is 0 Å². The number of amides is 1. The van der Waals surface area contributed by atoms with Gasteiger partial charge >= 0.3 is 6.09 Å². The third-order valence-electron chi connectivity index (χ3n) is 4.73. The predicted molar refractivity (Wildman–Crippen MR) is 105 cm³/mol. The van der Waals surface area contributed by atoms with Crippen molar-refractivity contribution in [2.24, 2.45) is 0 Å². The first-order chi connectivity index (χ1) is 13.0. The molecule has 1 atom stereocenters. The summed E-state index contributed by atoms with van der Waals surface area (Å²) < 4.78 is 5.53. The lowest BCUT2D eigenvalue weighted by Gasteiger charge is -2.39. The van der Waals surface area contributed by atoms with Crippen molar-refractivity contribution in [3.8, 4) is 18.1 Å². The molecule has 6 nitrogen and oxygen atoms in total. The number of rotatable bonds is 3. The molecule has 1 amide bonds. The average molecular weight is 364 g/mol. The van der Waals surface area contributed by atoms with E-state index < -0.39 is 0 Å². The summed E-state index contributed by atoms with van der Waals surface area (Å²) in [6, 6.07) is 11.4. The van der Waals surface area contributed by atoms with Crippen molar-refractivity contribution in [2.75, 3.05) is 24.5 Å². The van der Waals surface area contributed by atoms with Gasteiger partial charge in [-0.05, 0) is 48.6 Å². The largest absolute Gasteiger partial charge is 0.415 e. The van der Waals surface area contributed by atoms with E-state index in [-0.39, 0.29) is 12.1 Å². The van der Waals surface area contributed by atoms with Gasteiger partial charge in [-0.1, -0.05) is 26.0 Å². The Morgan fingerprint density at radius 3 is 2.48 bits per heavy atom. The number of nitrogens with zero attached hydrogens (tertiary/aromatic N) is 4. The number of terminal acetylenes is 1. The second-order valence-corrected chi connectivity index (χ2v) is 7.00. The van der Waals surface area contributed by atoms with Gasteiger partial charge < -0.3 is 14.5 Å². The standard InChI is InChI=1S/C21H24N4O2/c1-5-18-8-11-20(23-22-18)25-13-12-24(14-16(25)4)21(26)27-19-9-6-17(7-10-19)15(2)3/h1,6-11,15-16H,12-14H2,2-4H3/t16-/m0/s1. The molecule has 0 saturated carbocycles. The maximum atomic E-state index is 12.5. The molecule has 0 unspecified atom stereocenters. The highest BCUT2D eigenvalue weighted by Gasteiger charge is 2.28. The average Bonchev–Trinajstić information content (AvgIpc) is 2.68. The summed E-state index contributed by atoms with van der Waals surface area (Å²) in [4.78, 5) is 16.3.